The Bertz CT molecular complexity index is 566. The molecule has 27 heavy (non-hydrogen) atoms. The monoisotopic (exact) mass is 512 g/mol. The number of nitrogens with zero attached hydrogens (tertiary/aromatic N) is 4. The number of guanidine groups is 1. The van der Waals surface area contributed by atoms with E-state index >= 15 is 0 Å². The van der Waals surface area contributed by atoms with E-state index in [2.05, 4.69) is 39.0 Å². The van der Waals surface area contributed by atoms with Gasteiger partial charge >= 0.3 is 0 Å². The third-order valence-electron chi connectivity index (χ3n) is 4.23. The number of hydrogen-bond acceptors (Lipinski definition) is 6. The molecule has 156 valence electrons. The molecule has 1 saturated heterocycles. The molecule has 2 rings (SSSR count). The van der Waals surface area contributed by atoms with E-state index in [0.717, 1.165) is 49.4 Å². The molecule has 0 amide bonds. The Morgan fingerprint density at radius 1 is 1.48 bits per heavy atom. The zero-order valence-corrected chi connectivity index (χ0v) is 19.9. The molecular weight excluding hydrogens is 479 g/mol. The van der Waals surface area contributed by atoms with Crippen LogP contribution in [0.4, 0.5) is 0 Å². The smallest absolute Gasteiger partial charge is 0.191 e. The average molecular weight is 512 g/mol. The normalized spacial score (nSPS) is 18.2. The van der Waals surface area contributed by atoms with Gasteiger partial charge in [0.05, 0.1) is 19.3 Å². The van der Waals surface area contributed by atoms with Crippen molar-refractivity contribution in [2.24, 2.45) is 12.0 Å². The molecule has 0 aliphatic carbocycles. The van der Waals surface area contributed by atoms with Crippen LogP contribution < -0.4 is 10.6 Å². The van der Waals surface area contributed by atoms with Gasteiger partial charge in [-0.05, 0) is 38.7 Å². The topological polar surface area (TPSA) is 85.6 Å². The first kappa shape index (κ1) is 24.4. The van der Waals surface area contributed by atoms with Crippen molar-refractivity contribution < 1.29 is 9.47 Å². The molecule has 8 nitrogen and oxygen atoms in total. The van der Waals surface area contributed by atoms with Gasteiger partial charge in [-0.1, -0.05) is 0 Å². The highest BCUT2D eigenvalue weighted by Gasteiger charge is 2.17. The van der Waals surface area contributed by atoms with Gasteiger partial charge in [-0.3, -0.25) is 0 Å². The van der Waals surface area contributed by atoms with E-state index in [0.29, 0.717) is 19.8 Å². The van der Waals surface area contributed by atoms with Gasteiger partial charge in [0.2, 0.25) is 0 Å². The van der Waals surface area contributed by atoms with Gasteiger partial charge in [-0.25, -0.2) is 4.99 Å². The van der Waals surface area contributed by atoms with Crippen LogP contribution in [0.1, 0.15) is 31.4 Å². The van der Waals surface area contributed by atoms with Gasteiger partial charge in [0, 0.05) is 26.2 Å². The summed E-state index contributed by atoms with van der Waals surface area (Å²) in [7, 11) is 1.96. The van der Waals surface area contributed by atoms with Crippen LogP contribution in [0, 0.1) is 6.92 Å². The number of aliphatic imine (C=N–C) groups is 1. The number of halogens is 1. The van der Waals surface area contributed by atoms with E-state index in [-0.39, 0.29) is 36.1 Å². The molecule has 1 aromatic rings. The van der Waals surface area contributed by atoms with Gasteiger partial charge in [0.25, 0.3) is 0 Å². The minimum absolute atomic E-state index is 0. The number of thioether (sulfide) groups is 1. The maximum absolute atomic E-state index is 5.89. The van der Waals surface area contributed by atoms with Crippen LogP contribution in [0.15, 0.2) is 4.99 Å². The Morgan fingerprint density at radius 2 is 2.30 bits per heavy atom. The summed E-state index contributed by atoms with van der Waals surface area (Å²) in [6.45, 7) is 7.53. The zero-order valence-electron chi connectivity index (χ0n) is 16.7. The number of ether oxygens (including phenoxy) is 2. The van der Waals surface area contributed by atoms with Crippen LogP contribution in [-0.4, -0.2) is 71.2 Å². The van der Waals surface area contributed by atoms with Gasteiger partial charge in [0.1, 0.15) is 12.4 Å². The summed E-state index contributed by atoms with van der Waals surface area (Å²) in [5.74, 6) is 3.65. The number of aromatic nitrogens is 3. The van der Waals surface area contributed by atoms with E-state index in [9.17, 15) is 0 Å². The summed E-state index contributed by atoms with van der Waals surface area (Å²) in [5, 5.41) is 15.1. The Kier molecular flexibility index (Phi) is 12.3. The quantitative estimate of drug-likeness (QED) is 0.214. The molecule has 0 bridgehead atoms. The molecule has 1 fully saturated rings. The summed E-state index contributed by atoms with van der Waals surface area (Å²) in [6, 6.07) is 0.156. The summed E-state index contributed by atoms with van der Waals surface area (Å²) < 4.78 is 13.2. The van der Waals surface area contributed by atoms with Crippen LogP contribution in [-0.2, 0) is 23.1 Å². The van der Waals surface area contributed by atoms with Crippen LogP contribution >= 0.6 is 35.7 Å². The van der Waals surface area contributed by atoms with Gasteiger partial charge in [-0.15, -0.1) is 34.2 Å². The Hall–Kier alpha value is -0.590. The van der Waals surface area contributed by atoms with Crippen molar-refractivity contribution >= 4 is 41.7 Å². The molecular formula is C17H33IN6O2S. The lowest BCUT2D eigenvalue weighted by molar-refractivity contribution is 0.0347. The van der Waals surface area contributed by atoms with Crippen molar-refractivity contribution in [1.82, 2.24) is 25.4 Å². The van der Waals surface area contributed by atoms with Crippen LogP contribution in [0.3, 0.4) is 0 Å². The van der Waals surface area contributed by atoms with Gasteiger partial charge < -0.3 is 24.7 Å². The lowest BCUT2D eigenvalue weighted by Gasteiger charge is -2.20. The molecule has 2 unspecified atom stereocenters. The van der Waals surface area contributed by atoms with E-state index in [1.807, 2.05) is 30.3 Å². The predicted octanol–water partition coefficient (Wildman–Crippen LogP) is 1.72. The molecule has 1 aliphatic heterocycles. The van der Waals surface area contributed by atoms with E-state index in [4.69, 9.17) is 9.47 Å². The van der Waals surface area contributed by atoms with Crippen molar-refractivity contribution in [2.45, 2.75) is 45.4 Å². The van der Waals surface area contributed by atoms with Crippen LogP contribution in [0.2, 0.25) is 0 Å². The third kappa shape index (κ3) is 8.97. The summed E-state index contributed by atoms with van der Waals surface area (Å²) >= 11 is 1.85. The molecule has 2 N–H and O–H groups in total. The second kappa shape index (κ2) is 13.6. The molecule has 10 heteroatoms. The number of aryl methyl sites for hydroxylation is 1. The highest BCUT2D eigenvalue weighted by molar-refractivity contribution is 14.0. The highest BCUT2D eigenvalue weighted by atomic mass is 127. The van der Waals surface area contributed by atoms with E-state index < -0.39 is 0 Å². The maximum Gasteiger partial charge on any atom is 0.191 e. The minimum Gasteiger partial charge on any atom is -0.379 e. The fraction of sp³-hybridized carbons (Fsp3) is 0.824. The number of nitrogens with one attached hydrogen (secondary N) is 2. The summed E-state index contributed by atoms with van der Waals surface area (Å²) in [6.07, 6.45) is 4.41. The summed E-state index contributed by atoms with van der Waals surface area (Å²) in [4.78, 5) is 4.67. The van der Waals surface area contributed by atoms with Crippen molar-refractivity contribution in [2.75, 3.05) is 38.4 Å². The highest BCUT2D eigenvalue weighted by Crippen LogP contribution is 2.08. The molecule has 2 atom stereocenters. The Morgan fingerprint density at radius 3 is 2.93 bits per heavy atom. The molecule has 0 radical (unpaired) electrons. The third-order valence-corrected chi connectivity index (χ3v) is 4.93. The first-order valence-corrected chi connectivity index (χ1v) is 10.6. The number of rotatable bonds is 10. The largest absolute Gasteiger partial charge is 0.379 e. The van der Waals surface area contributed by atoms with Crippen molar-refractivity contribution in [3.8, 4) is 0 Å². The second-order valence-corrected chi connectivity index (χ2v) is 7.51. The van der Waals surface area contributed by atoms with Gasteiger partial charge in [-0.2, -0.15) is 11.8 Å². The zero-order chi connectivity index (χ0) is 18.8. The minimum atomic E-state index is 0. The van der Waals surface area contributed by atoms with Gasteiger partial charge in [0.15, 0.2) is 11.8 Å². The average Bonchev–Trinajstić information content (AvgIpc) is 3.26. The fourth-order valence-electron chi connectivity index (χ4n) is 2.51. The lowest BCUT2D eigenvalue weighted by atomic mass is 10.3. The lowest BCUT2D eigenvalue weighted by Crippen LogP contribution is -2.45. The Balaban J connectivity index is 0.00000364. The molecule has 0 saturated carbocycles. The van der Waals surface area contributed by atoms with Crippen molar-refractivity contribution in [3.63, 3.8) is 0 Å². The number of hydrogen-bond donors (Lipinski definition) is 2. The molecule has 0 spiro atoms. The van der Waals surface area contributed by atoms with Crippen molar-refractivity contribution in [3.05, 3.63) is 11.6 Å². The van der Waals surface area contributed by atoms with Crippen molar-refractivity contribution in [1.29, 1.82) is 0 Å². The predicted molar refractivity (Wildman–Crippen MR) is 121 cm³/mol. The maximum atomic E-state index is 5.89. The second-order valence-electron chi connectivity index (χ2n) is 6.52. The first-order valence-electron chi connectivity index (χ1n) is 9.18. The Labute approximate surface area is 183 Å². The summed E-state index contributed by atoms with van der Waals surface area (Å²) in [5.41, 5.74) is 0. The van der Waals surface area contributed by atoms with Crippen LogP contribution in [0.5, 0.6) is 0 Å². The fourth-order valence-corrected chi connectivity index (χ4v) is 2.95. The standard InChI is InChI=1S/C17H32N6O2S.HI/c1-13(11-25-15-6-8-24-12-15)20-17(18-7-5-9-26-4)19-10-16-22-21-14(2)23(16)3;/h13,15H,5-12H2,1-4H3,(H2,18,19,20);1H. The SMILES string of the molecule is CSCCCNC(=NCc1nnc(C)n1C)NC(C)COC1CCOC1.I. The molecule has 1 aliphatic rings. The van der Waals surface area contributed by atoms with E-state index in [1.54, 1.807) is 0 Å². The molecule has 0 aromatic carbocycles. The first-order chi connectivity index (χ1) is 12.6. The molecule has 2 heterocycles. The molecule has 1 aromatic heterocycles. The van der Waals surface area contributed by atoms with Crippen LogP contribution in [0.25, 0.3) is 0 Å². The van der Waals surface area contributed by atoms with E-state index in [1.165, 1.54) is 0 Å².